The smallest absolute Gasteiger partial charge is 0.338 e. The number of nitro benzene ring substituents is 1. The first kappa shape index (κ1) is 13.9. The number of para-hydroxylation sites is 1. The minimum atomic E-state index is -0.663. The topological polar surface area (TPSA) is 69.4 Å². The van der Waals surface area contributed by atoms with Gasteiger partial charge < -0.3 is 4.74 Å². The van der Waals surface area contributed by atoms with E-state index in [0.29, 0.717) is 0 Å². The molecule has 1 aromatic carbocycles. The Morgan fingerprint density at radius 3 is 2.39 bits per heavy atom. The van der Waals surface area contributed by atoms with Gasteiger partial charge >= 0.3 is 5.97 Å². The first-order valence-corrected chi connectivity index (χ1v) is 5.38. The van der Waals surface area contributed by atoms with Crippen LogP contribution in [0.15, 0.2) is 30.8 Å². The average Bonchev–Trinajstić information content (AvgIpc) is 2.25. The van der Waals surface area contributed by atoms with Crippen molar-refractivity contribution in [3.8, 4) is 0 Å². The summed E-state index contributed by atoms with van der Waals surface area (Å²) in [5.74, 6) is -0.656. The third-order valence-corrected chi connectivity index (χ3v) is 2.07. The SMILES string of the molecule is C=C(C(=O)OC(C)(C)C)c1ccccc1[N+](=O)[O-]. The van der Waals surface area contributed by atoms with Crippen molar-refractivity contribution >= 4 is 17.2 Å². The molecule has 0 saturated heterocycles. The highest BCUT2D eigenvalue weighted by Gasteiger charge is 2.24. The van der Waals surface area contributed by atoms with E-state index < -0.39 is 16.5 Å². The zero-order valence-electron chi connectivity index (χ0n) is 10.6. The van der Waals surface area contributed by atoms with Gasteiger partial charge in [-0.2, -0.15) is 0 Å². The molecular formula is C13H15NO4. The van der Waals surface area contributed by atoms with Gasteiger partial charge in [0.25, 0.3) is 5.69 Å². The van der Waals surface area contributed by atoms with Crippen LogP contribution in [-0.4, -0.2) is 16.5 Å². The highest BCUT2D eigenvalue weighted by Crippen LogP contribution is 2.26. The summed E-state index contributed by atoms with van der Waals surface area (Å²) < 4.78 is 5.13. The molecule has 96 valence electrons. The van der Waals surface area contributed by atoms with Crippen molar-refractivity contribution in [1.82, 2.24) is 0 Å². The van der Waals surface area contributed by atoms with Gasteiger partial charge in [-0.15, -0.1) is 0 Å². The van der Waals surface area contributed by atoms with Crippen molar-refractivity contribution in [2.45, 2.75) is 26.4 Å². The van der Waals surface area contributed by atoms with Crippen LogP contribution >= 0.6 is 0 Å². The fourth-order valence-electron chi connectivity index (χ4n) is 1.34. The lowest BCUT2D eigenvalue weighted by atomic mass is 10.1. The summed E-state index contributed by atoms with van der Waals surface area (Å²) in [6, 6.07) is 5.94. The van der Waals surface area contributed by atoms with E-state index in [2.05, 4.69) is 6.58 Å². The Morgan fingerprint density at radius 2 is 1.89 bits per heavy atom. The molecule has 0 spiro atoms. The number of ether oxygens (including phenoxy) is 1. The quantitative estimate of drug-likeness (QED) is 0.357. The molecule has 0 aliphatic rings. The van der Waals surface area contributed by atoms with Gasteiger partial charge in [0, 0.05) is 6.07 Å². The molecule has 0 saturated carbocycles. The Kier molecular flexibility index (Phi) is 3.86. The minimum absolute atomic E-state index is 0.0165. The lowest BCUT2D eigenvalue weighted by Gasteiger charge is -2.20. The molecule has 18 heavy (non-hydrogen) atoms. The van der Waals surface area contributed by atoms with Gasteiger partial charge in [-0.1, -0.05) is 18.7 Å². The summed E-state index contributed by atoms with van der Waals surface area (Å²) in [6.07, 6.45) is 0. The fourth-order valence-corrected chi connectivity index (χ4v) is 1.34. The standard InChI is InChI=1S/C13H15NO4/c1-9(12(15)18-13(2,3)4)10-7-5-6-8-11(10)14(16)17/h5-8H,1H2,2-4H3. The van der Waals surface area contributed by atoms with E-state index in [4.69, 9.17) is 4.74 Å². The van der Waals surface area contributed by atoms with Crippen molar-refractivity contribution in [1.29, 1.82) is 0 Å². The molecule has 0 fully saturated rings. The molecule has 5 heteroatoms. The van der Waals surface area contributed by atoms with Crippen molar-refractivity contribution in [2.24, 2.45) is 0 Å². The first-order chi connectivity index (χ1) is 8.22. The van der Waals surface area contributed by atoms with Crippen molar-refractivity contribution in [3.63, 3.8) is 0 Å². The lowest BCUT2D eigenvalue weighted by Crippen LogP contribution is -2.24. The number of rotatable bonds is 3. The second-order valence-electron chi connectivity index (χ2n) is 4.75. The summed E-state index contributed by atoms with van der Waals surface area (Å²) in [7, 11) is 0. The van der Waals surface area contributed by atoms with Crippen LogP contribution in [0.1, 0.15) is 26.3 Å². The number of carbonyl (C=O) groups is 1. The predicted molar refractivity (Wildman–Crippen MR) is 68.0 cm³/mol. The average molecular weight is 249 g/mol. The Labute approximate surface area is 105 Å². The van der Waals surface area contributed by atoms with E-state index in [1.165, 1.54) is 18.2 Å². The second-order valence-corrected chi connectivity index (χ2v) is 4.75. The van der Waals surface area contributed by atoms with Crippen LogP contribution in [0.25, 0.3) is 5.57 Å². The third kappa shape index (κ3) is 3.41. The van der Waals surface area contributed by atoms with E-state index in [9.17, 15) is 14.9 Å². The molecule has 0 atom stereocenters. The van der Waals surface area contributed by atoms with E-state index in [1.807, 2.05) is 0 Å². The van der Waals surface area contributed by atoms with Gasteiger partial charge in [0.15, 0.2) is 0 Å². The molecule has 5 nitrogen and oxygen atoms in total. The van der Waals surface area contributed by atoms with Gasteiger partial charge in [-0.25, -0.2) is 4.79 Å². The van der Waals surface area contributed by atoms with Crippen LogP contribution in [0.5, 0.6) is 0 Å². The monoisotopic (exact) mass is 249 g/mol. The number of esters is 1. The molecule has 0 aliphatic carbocycles. The zero-order chi connectivity index (χ0) is 13.9. The summed E-state index contributed by atoms with van der Waals surface area (Å²) in [4.78, 5) is 22.1. The molecule has 0 unspecified atom stereocenters. The first-order valence-electron chi connectivity index (χ1n) is 5.38. The Morgan fingerprint density at radius 1 is 1.33 bits per heavy atom. The van der Waals surface area contributed by atoms with Crippen molar-refractivity contribution in [3.05, 3.63) is 46.5 Å². The number of carbonyl (C=O) groups excluding carboxylic acids is 1. The van der Waals surface area contributed by atoms with Crippen LogP contribution in [0.3, 0.4) is 0 Å². The number of nitro groups is 1. The van der Waals surface area contributed by atoms with E-state index in [0.717, 1.165) is 0 Å². The van der Waals surface area contributed by atoms with E-state index in [1.54, 1.807) is 26.8 Å². The fraction of sp³-hybridized carbons (Fsp3) is 0.308. The molecule has 0 radical (unpaired) electrons. The minimum Gasteiger partial charge on any atom is -0.456 e. The van der Waals surface area contributed by atoms with Gasteiger partial charge in [0.1, 0.15) is 5.60 Å². The molecular weight excluding hydrogens is 234 g/mol. The van der Waals surface area contributed by atoms with Gasteiger partial charge in [-0.05, 0) is 26.8 Å². The van der Waals surface area contributed by atoms with Gasteiger partial charge in [0.2, 0.25) is 0 Å². The van der Waals surface area contributed by atoms with Crippen LogP contribution in [-0.2, 0) is 9.53 Å². The molecule has 0 bridgehead atoms. The van der Waals surface area contributed by atoms with Crippen LogP contribution in [0.2, 0.25) is 0 Å². The number of hydrogen-bond acceptors (Lipinski definition) is 4. The largest absolute Gasteiger partial charge is 0.456 e. The van der Waals surface area contributed by atoms with Gasteiger partial charge in [0.05, 0.1) is 16.1 Å². The summed E-state index contributed by atoms with van der Waals surface area (Å²) in [5.41, 5.74) is -0.661. The molecule has 0 heterocycles. The lowest BCUT2D eigenvalue weighted by molar-refractivity contribution is -0.385. The Hall–Kier alpha value is -2.17. The molecule has 1 aromatic rings. The Balaban J connectivity index is 3.05. The van der Waals surface area contributed by atoms with Crippen molar-refractivity contribution in [2.75, 3.05) is 0 Å². The Bertz CT molecular complexity index is 500. The molecule has 0 aromatic heterocycles. The van der Waals surface area contributed by atoms with Crippen LogP contribution in [0.4, 0.5) is 5.69 Å². The highest BCUT2D eigenvalue weighted by atomic mass is 16.6. The number of hydrogen-bond donors (Lipinski definition) is 0. The number of nitrogens with zero attached hydrogens (tertiary/aromatic N) is 1. The maximum Gasteiger partial charge on any atom is 0.338 e. The maximum absolute atomic E-state index is 11.8. The second kappa shape index (κ2) is 5.00. The summed E-state index contributed by atoms with van der Waals surface area (Å²) in [6.45, 7) is 8.73. The molecule has 0 aliphatic heterocycles. The summed E-state index contributed by atoms with van der Waals surface area (Å²) in [5, 5.41) is 10.8. The predicted octanol–water partition coefficient (Wildman–Crippen LogP) is 2.95. The van der Waals surface area contributed by atoms with Crippen molar-refractivity contribution < 1.29 is 14.5 Å². The number of benzene rings is 1. The van der Waals surface area contributed by atoms with Crippen LogP contribution in [0, 0.1) is 10.1 Å². The summed E-state index contributed by atoms with van der Waals surface area (Å²) >= 11 is 0. The normalized spacial score (nSPS) is 10.8. The van der Waals surface area contributed by atoms with E-state index >= 15 is 0 Å². The molecule has 0 N–H and O–H groups in total. The highest BCUT2D eigenvalue weighted by molar-refractivity contribution is 6.16. The van der Waals surface area contributed by atoms with E-state index in [-0.39, 0.29) is 16.8 Å². The third-order valence-electron chi connectivity index (χ3n) is 2.07. The van der Waals surface area contributed by atoms with Crippen LogP contribution < -0.4 is 0 Å². The van der Waals surface area contributed by atoms with Gasteiger partial charge in [-0.3, -0.25) is 10.1 Å². The maximum atomic E-state index is 11.8. The zero-order valence-corrected chi connectivity index (χ0v) is 10.6. The molecule has 1 rings (SSSR count). The molecule has 0 amide bonds.